The molecule has 0 aromatic rings. The van der Waals surface area contributed by atoms with Gasteiger partial charge in [0.15, 0.2) is 0 Å². The fourth-order valence-electron chi connectivity index (χ4n) is 4.64. The summed E-state index contributed by atoms with van der Waals surface area (Å²) in [6.45, 7) is 22.5. The third-order valence-electron chi connectivity index (χ3n) is 6.75. The van der Waals surface area contributed by atoms with Gasteiger partial charge in [0.1, 0.15) is 0 Å². The van der Waals surface area contributed by atoms with Crippen molar-refractivity contribution in [2.45, 2.75) is 58.8 Å². The Morgan fingerprint density at radius 2 is 0.833 bits per heavy atom. The van der Waals surface area contributed by atoms with Gasteiger partial charge < -0.3 is 38.1 Å². The molecule has 0 aliphatic heterocycles. The normalized spacial score (nSPS) is 12.2. The van der Waals surface area contributed by atoms with Gasteiger partial charge in [-0.3, -0.25) is 9.80 Å². The van der Waals surface area contributed by atoms with Gasteiger partial charge in [-0.05, 0) is 77.8 Å². The first-order valence-corrected chi connectivity index (χ1v) is 15.0. The Balaban J connectivity index is 4.69. The van der Waals surface area contributed by atoms with E-state index in [0.717, 1.165) is 91.5 Å². The van der Waals surface area contributed by atoms with Gasteiger partial charge in [-0.15, -0.1) is 0 Å². The third-order valence-corrected chi connectivity index (χ3v) is 6.75. The summed E-state index contributed by atoms with van der Waals surface area (Å²) in [5.41, 5.74) is 23.2. The summed E-state index contributed by atoms with van der Waals surface area (Å²) in [6, 6.07) is 0. The van der Waals surface area contributed by atoms with Crippen LogP contribution < -0.4 is 28.3 Å². The maximum atomic E-state index is 5.82. The number of nitrogens with one attached hydrogen (secondary N) is 1. The highest BCUT2D eigenvalue weighted by atomic mass is 15.2. The molecule has 0 heterocycles. The van der Waals surface area contributed by atoms with Gasteiger partial charge in [0, 0.05) is 78.5 Å². The molecule has 0 aliphatic rings. The van der Waals surface area contributed by atoms with Crippen LogP contribution in [0.2, 0.25) is 0 Å². The van der Waals surface area contributed by atoms with Crippen molar-refractivity contribution in [2.24, 2.45) is 22.9 Å². The van der Waals surface area contributed by atoms with Gasteiger partial charge in [-0.1, -0.05) is 20.3 Å². The van der Waals surface area contributed by atoms with Crippen molar-refractivity contribution in [3.63, 3.8) is 0 Å². The van der Waals surface area contributed by atoms with Crippen LogP contribution in [0, 0.1) is 0 Å². The highest BCUT2D eigenvalue weighted by Gasteiger charge is 2.12. The Morgan fingerprint density at radius 1 is 0.389 bits per heavy atom. The number of hydrogen-bond donors (Lipinski definition) is 5. The lowest BCUT2D eigenvalue weighted by Crippen LogP contribution is -2.44. The minimum atomic E-state index is 0.690. The fraction of sp³-hybridized carbons (Fsp3) is 1.00. The Bertz CT molecular complexity index is 416. The Labute approximate surface area is 224 Å². The summed E-state index contributed by atoms with van der Waals surface area (Å²) < 4.78 is 0. The maximum Gasteiger partial charge on any atom is 0.0110 e. The Morgan fingerprint density at radius 3 is 1.28 bits per heavy atom. The monoisotopic (exact) mass is 516 g/mol. The molecule has 0 bridgehead atoms. The van der Waals surface area contributed by atoms with Crippen LogP contribution >= 0.6 is 0 Å². The molecule has 0 aromatic heterocycles. The number of hydrogen-bond acceptors (Lipinski definition) is 9. The predicted octanol–water partition coefficient (Wildman–Crippen LogP) is 0.389. The number of rotatable bonds is 29. The molecule has 9 N–H and O–H groups in total. The second kappa shape index (κ2) is 27.7. The van der Waals surface area contributed by atoms with Gasteiger partial charge in [0.2, 0.25) is 0 Å². The van der Waals surface area contributed by atoms with Crippen molar-refractivity contribution < 1.29 is 0 Å². The van der Waals surface area contributed by atoms with E-state index in [4.69, 9.17) is 22.9 Å². The molecule has 0 radical (unpaired) electrons. The fourth-order valence-corrected chi connectivity index (χ4v) is 4.64. The molecular weight excluding hydrogens is 450 g/mol. The summed E-state index contributed by atoms with van der Waals surface area (Å²) in [7, 11) is 0. The van der Waals surface area contributed by atoms with Crippen LogP contribution in [0.3, 0.4) is 0 Å². The minimum Gasteiger partial charge on any atom is -0.330 e. The zero-order valence-electron chi connectivity index (χ0n) is 24.3. The van der Waals surface area contributed by atoms with Gasteiger partial charge in [-0.25, -0.2) is 0 Å². The van der Waals surface area contributed by atoms with E-state index in [2.05, 4.69) is 38.8 Å². The van der Waals surface area contributed by atoms with E-state index in [-0.39, 0.29) is 0 Å². The molecule has 0 fully saturated rings. The van der Waals surface area contributed by atoms with Crippen LogP contribution in [-0.4, -0.2) is 137 Å². The van der Waals surface area contributed by atoms with Crippen molar-refractivity contribution in [1.82, 2.24) is 24.9 Å². The summed E-state index contributed by atoms with van der Waals surface area (Å²) in [5, 5.41) is 3.57. The van der Waals surface area contributed by atoms with Crippen molar-refractivity contribution in [3.05, 3.63) is 0 Å². The Kier molecular flexibility index (Phi) is 27.4. The van der Waals surface area contributed by atoms with Crippen LogP contribution in [-0.2, 0) is 0 Å². The lowest BCUT2D eigenvalue weighted by molar-refractivity contribution is 0.175. The van der Waals surface area contributed by atoms with Gasteiger partial charge in [-0.2, -0.15) is 0 Å². The van der Waals surface area contributed by atoms with Crippen LogP contribution in [0.1, 0.15) is 58.8 Å². The van der Waals surface area contributed by atoms with Crippen LogP contribution in [0.5, 0.6) is 0 Å². The smallest absolute Gasteiger partial charge is 0.0110 e. The molecule has 0 spiro atoms. The lowest BCUT2D eigenvalue weighted by Gasteiger charge is -2.30. The van der Waals surface area contributed by atoms with Crippen LogP contribution in [0.4, 0.5) is 0 Å². The lowest BCUT2D eigenvalue weighted by atomic mass is 10.2. The second-order valence-corrected chi connectivity index (χ2v) is 10.0. The first-order chi connectivity index (χ1) is 17.6. The van der Waals surface area contributed by atoms with E-state index in [1.165, 1.54) is 58.2 Å². The van der Waals surface area contributed by atoms with E-state index >= 15 is 0 Å². The molecule has 218 valence electrons. The third kappa shape index (κ3) is 21.7. The summed E-state index contributed by atoms with van der Waals surface area (Å²) >= 11 is 0. The van der Waals surface area contributed by atoms with E-state index in [1.807, 2.05) is 0 Å². The van der Waals surface area contributed by atoms with Crippen LogP contribution in [0.25, 0.3) is 0 Å². The zero-order valence-corrected chi connectivity index (χ0v) is 24.3. The highest BCUT2D eigenvalue weighted by Crippen LogP contribution is 2.05. The quantitative estimate of drug-likeness (QED) is 0.0898. The molecule has 0 aromatic carbocycles. The van der Waals surface area contributed by atoms with Crippen molar-refractivity contribution >= 4 is 0 Å². The average molecular weight is 516 g/mol. The van der Waals surface area contributed by atoms with E-state index in [0.29, 0.717) is 13.1 Å². The molecule has 9 nitrogen and oxygen atoms in total. The molecule has 0 amide bonds. The standard InChI is InChI=1S/C27H65N9/c1-3-14-32-15-23-36(27-25-35(21-12-30)22-13-31)26-24-34(19-9-6-10-28)18-8-5-7-17-33(16-4-2)20-11-29/h32H,3-31H2,1-2H3. The minimum absolute atomic E-state index is 0.690. The van der Waals surface area contributed by atoms with Crippen molar-refractivity contribution in [3.8, 4) is 0 Å². The molecule has 9 heteroatoms. The van der Waals surface area contributed by atoms with Gasteiger partial charge in [0.25, 0.3) is 0 Å². The average Bonchev–Trinajstić information content (AvgIpc) is 2.87. The van der Waals surface area contributed by atoms with E-state index < -0.39 is 0 Å². The molecule has 0 unspecified atom stereocenters. The Hall–Kier alpha value is -0.360. The second-order valence-electron chi connectivity index (χ2n) is 10.0. The van der Waals surface area contributed by atoms with Gasteiger partial charge in [0.05, 0.1) is 0 Å². The summed E-state index contributed by atoms with van der Waals surface area (Å²) in [6.07, 6.45) is 8.51. The molecular formula is C27H65N9. The highest BCUT2D eigenvalue weighted by molar-refractivity contribution is 4.69. The first kappa shape index (κ1) is 35.6. The first-order valence-electron chi connectivity index (χ1n) is 15.0. The molecule has 0 saturated carbocycles. The van der Waals surface area contributed by atoms with Crippen LogP contribution in [0.15, 0.2) is 0 Å². The number of nitrogens with two attached hydrogens (primary N) is 4. The molecule has 0 saturated heterocycles. The summed E-state index contributed by atoms with van der Waals surface area (Å²) in [5.74, 6) is 0. The topological polar surface area (TPSA) is 129 Å². The number of unbranched alkanes of at least 4 members (excludes halogenated alkanes) is 3. The van der Waals surface area contributed by atoms with E-state index in [9.17, 15) is 0 Å². The predicted molar refractivity (Wildman–Crippen MR) is 159 cm³/mol. The van der Waals surface area contributed by atoms with Crippen molar-refractivity contribution in [1.29, 1.82) is 0 Å². The largest absolute Gasteiger partial charge is 0.330 e. The van der Waals surface area contributed by atoms with Crippen molar-refractivity contribution in [2.75, 3.05) is 118 Å². The molecule has 0 atom stereocenters. The maximum absolute atomic E-state index is 5.82. The summed E-state index contributed by atoms with van der Waals surface area (Å²) in [4.78, 5) is 10.2. The van der Waals surface area contributed by atoms with Gasteiger partial charge >= 0.3 is 0 Å². The molecule has 0 rings (SSSR count). The molecule has 36 heavy (non-hydrogen) atoms. The van der Waals surface area contributed by atoms with E-state index in [1.54, 1.807) is 0 Å². The number of nitrogens with zero attached hydrogens (tertiary/aromatic N) is 4. The zero-order chi connectivity index (χ0) is 26.7. The SMILES string of the molecule is CCCNCCN(CCN(CCN)CCN)CCN(CCCCN)CCCCCN(CCC)CCN. The molecule has 0 aliphatic carbocycles.